The average molecular weight is 364 g/mol. The molecule has 3 aromatic heterocycles. The predicted octanol–water partition coefficient (Wildman–Crippen LogP) is 5.09. The van der Waals surface area contributed by atoms with Gasteiger partial charge in [-0.25, -0.2) is 4.98 Å². The van der Waals surface area contributed by atoms with Crippen molar-refractivity contribution >= 4 is 39.5 Å². The van der Waals surface area contributed by atoms with Gasteiger partial charge in [0.15, 0.2) is 10.7 Å². The lowest BCUT2D eigenvalue weighted by molar-refractivity contribution is 0.579. The summed E-state index contributed by atoms with van der Waals surface area (Å²) in [4.78, 5) is 5.57. The lowest BCUT2D eigenvalue weighted by Gasteiger charge is -2.05. The molecule has 0 spiro atoms. The highest BCUT2D eigenvalue weighted by molar-refractivity contribution is 7.15. The summed E-state index contributed by atoms with van der Waals surface area (Å²) >= 11 is 13.7. The molecule has 0 aliphatic carbocycles. The third kappa shape index (κ3) is 2.37. The summed E-state index contributed by atoms with van der Waals surface area (Å²) in [6.45, 7) is 0.348. The van der Waals surface area contributed by atoms with Crippen LogP contribution in [0, 0.1) is 0 Å². The molecule has 3 heterocycles. The Bertz CT molecular complexity index is 989. The first-order valence-corrected chi connectivity index (χ1v) is 8.51. The van der Waals surface area contributed by atoms with Crippen LogP contribution in [0.2, 0.25) is 10.0 Å². The summed E-state index contributed by atoms with van der Waals surface area (Å²) in [6, 6.07) is 9.24. The number of fused-ring (bicyclic) bond motifs is 1. The zero-order valence-electron chi connectivity index (χ0n) is 11.8. The van der Waals surface area contributed by atoms with E-state index in [4.69, 9.17) is 38.3 Å². The fraction of sp³-hybridized carbons (Fsp3) is 0.0625. The second kappa shape index (κ2) is 5.69. The van der Waals surface area contributed by atoms with Gasteiger partial charge in [0.25, 0.3) is 0 Å². The van der Waals surface area contributed by atoms with Crippen molar-refractivity contribution in [3.8, 4) is 22.7 Å². The van der Waals surface area contributed by atoms with Gasteiger partial charge in [0.1, 0.15) is 5.69 Å². The summed E-state index contributed by atoms with van der Waals surface area (Å²) in [5.74, 6) is 0.782. The average Bonchev–Trinajstić information content (AvgIpc) is 3.24. The molecule has 0 radical (unpaired) electrons. The van der Waals surface area contributed by atoms with E-state index in [0.29, 0.717) is 16.6 Å². The Balaban J connectivity index is 1.96. The molecule has 0 amide bonds. The number of hydrogen-bond donors (Lipinski definition) is 1. The number of aromatic nitrogens is 2. The molecule has 116 valence electrons. The molecular formula is C16H11Cl2N3OS. The number of halogens is 2. The molecule has 2 N–H and O–H groups in total. The van der Waals surface area contributed by atoms with Crippen molar-refractivity contribution in [1.82, 2.24) is 9.38 Å². The van der Waals surface area contributed by atoms with Crippen molar-refractivity contribution < 1.29 is 4.42 Å². The van der Waals surface area contributed by atoms with Gasteiger partial charge in [0.05, 0.1) is 27.7 Å². The standard InChI is InChI=1S/C16H11Cl2N3OS/c17-10-4-3-9(6-11(10)18)15-12(7-19)21-13(8-23-16(21)20-15)14-2-1-5-22-14/h1-6,8H,7,19H2. The first-order chi connectivity index (χ1) is 11.2. The highest BCUT2D eigenvalue weighted by Gasteiger charge is 2.19. The van der Waals surface area contributed by atoms with E-state index in [2.05, 4.69) is 0 Å². The van der Waals surface area contributed by atoms with Gasteiger partial charge in [-0.2, -0.15) is 0 Å². The Morgan fingerprint density at radius 3 is 2.78 bits per heavy atom. The van der Waals surface area contributed by atoms with Crippen molar-refractivity contribution in [3.63, 3.8) is 0 Å². The summed E-state index contributed by atoms with van der Waals surface area (Å²) < 4.78 is 7.54. The number of nitrogens with zero attached hydrogens (tertiary/aromatic N) is 2. The Kier molecular flexibility index (Phi) is 3.66. The molecule has 7 heteroatoms. The van der Waals surface area contributed by atoms with Crippen LogP contribution in [0.5, 0.6) is 0 Å². The molecule has 0 atom stereocenters. The zero-order valence-corrected chi connectivity index (χ0v) is 14.1. The van der Waals surface area contributed by atoms with Crippen LogP contribution in [0.15, 0.2) is 46.4 Å². The first-order valence-electron chi connectivity index (χ1n) is 6.87. The van der Waals surface area contributed by atoms with E-state index in [-0.39, 0.29) is 0 Å². The lowest BCUT2D eigenvalue weighted by atomic mass is 10.1. The van der Waals surface area contributed by atoms with Crippen LogP contribution in [0.3, 0.4) is 0 Å². The minimum Gasteiger partial charge on any atom is -0.463 e. The van der Waals surface area contributed by atoms with Crippen LogP contribution in [0.25, 0.3) is 27.7 Å². The molecule has 0 bridgehead atoms. The number of thiazole rings is 1. The van der Waals surface area contributed by atoms with Crippen molar-refractivity contribution in [2.75, 3.05) is 0 Å². The van der Waals surface area contributed by atoms with Gasteiger partial charge in [-0.3, -0.25) is 4.40 Å². The van der Waals surface area contributed by atoms with E-state index in [1.807, 2.05) is 34.0 Å². The van der Waals surface area contributed by atoms with E-state index in [9.17, 15) is 0 Å². The van der Waals surface area contributed by atoms with Crippen molar-refractivity contribution in [3.05, 3.63) is 57.7 Å². The SMILES string of the molecule is NCc1c(-c2ccc(Cl)c(Cl)c2)nc2scc(-c3ccco3)n12. The van der Waals surface area contributed by atoms with Gasteiger partial charge in [0.2, 0.25) is 0 Å². The van der Waals surface area contributed by atoms with Crippen molar-refractivity contribution in [2.45, 2.75) is 6.54 Å². The number of imidazole rings is 1. The zero-order chi connectivity index (χ0) is 16.0. The van der Waals surface area contributed by atoms with Gasteiger partial charge < -0.3 is 10.2 Å². The molecule has 0 saturated heterocycles. The van der Waals surface area contributed by atoms with E-state index in [0.717, 1.165) is 33.4 Å². The Labute approximate surface area is 146 Å². The first kappa shape index (κ1) is 14.8. The molecular weight excluding hydrogens is 353 g/mol. The fourth-order valence-electron chi connectivity index (χ4n) is 2.58. The molecule has 4 aromatic rings. The topological polar surface area (TPSA) is 56.5 Å². The van der Waals surface area contributed by atoms with Crippen LogP contribution in [-0.4, -0.2) is 9.38 Å². The smallest absolute Gasteiger partial charge is 0.195 e. The molecule has 4 rings (SSSR count). The lowest BCUT2D eigenvalue weighted by Crippen LogP contribution is -2.03. The van der Waals surface area contributed by atoms with Crippen LogP contribution in [0.1, 0.15) is 5.69 Å². The van der Waals surface area contributed by atoms with E-state index >= 15 is 0 Å². The van der Waals surface area contributed by atoms with Crippen LogP contribution in [0.4, 0.5) is 0 Å². The van der Waals surface area contributed by atoms with Gasteiger partial charge >= 0.3 is 0 Å². The van der Waals surface area contributed by atoms with Gasteiger partial charge in [-0.15, -0.1) is 11.3 Å². The second-order valence-corrected chi connectivity index (χ2v) is 6.61. The number of nitrogens with two attached hydrogens (primary N) is 1. The summed E-state index contributed by atoms with van der Waals surface area (Å²) in [6.07, 6.45) is 1.65. The Hall–Kier alpha value is -1.79. The van der Waals surface area contributed by atoms with Gasteiger partial charge in [-0.1, -0.05) is 29.3 Å². The predicted molar refractivity (Wildman–Crippen MR) is 94.1 cm³/mol. The molecule has 4 nitrogen and oxygen atoms in total. The third-order valence-electron chi connectivity index (χ3n) is 3.62. The summed E-state index contributed by atoms with van der Waals surface area (Å²) in [5.41, 5.74) is 9.55. The van der Waals surface area contributed by atoms with Crippen LogP contribution in [-0.2, 0) is 6.54 Å². The number of benzene rings is 1. The van der Waals surface area contributed by atoms with Gasteiger partial charge in [-0.05, 0) is 24.3 Å². The van der Waals surface area contributed by atoms with E-state index < -0.39 is 0 Å². The molecule has 23 heavy (non-hydrogen) atoms. The summed E-state index contributed by atoms with van der Waals surface area (Å²) in [7, 11) is 0. The number of furan rings is 1. The molecule has 0 aliphatic heterocycles. The second-order valence-electron chi connectivity index (χ2n) is 4.96. The number of rotatable bonds is 3. The summed E-state index contributed by atoms with van der Waals surface area (Å²) in [5, 5.41) is 3.02. The Morgan fingerprint density at radius 1 is 1.22 bits per heavy atom. The number of hydrogen-bond acceptors (Lipinski definition) is 4. The highest BCUT2D eigenvalue weighted by Crippen LogP contribution is 2.35. The third-order valence-corrected chi connectivity index (χ3v) is 5.18. The molecule has 0 saturated carbocycles. The van der Waals surface area contributed by atoms with Crippen molar-refractivity contribution in [2.24, 2.45) is 5.73 Å². The van der Waals surface area contributed by atoms with E-state index in [1.54, 1.807) is 23.7 Å². The van der Waals surface area contributed by atoms with Crippen molar-refractivity contribution in [1.29, 1.82) is 0 Å². The minimum absolute atomic E-state index is 0.348. The largest absolute Gasteiger partial charge is 0.463 e. The molecule has 0 unspecified atom stereocenters. The van der Waals surface area contributed by atoms with Crippen LogP contribution < -0.4 is 5.73 Å². The fourth-order valence-corrected chi connectivity index (χ4v) is 3.77. The van der Waals surface area contributed by atoms with E-state index in [1.165, 1.54) is 0 Å². The highest BCUT2D eigenvalue weighted by atomic mass is 35.5. The molecule has 1 aromatic carbocycles. The maximum atomic E-state index is 6.13. The normalized spacial score (nSPS) is 11.4. The molecule has 0 aliphatic rings. The van der Waals surface area contributed by atoms with Gasteiger partial charge in [0, 0.05) is 17.5 Å². The van der Waals surface area contributed by atoms with Crippen LogP contribution >= 0.6 is 34.5 Å². The Morgan fingerprint density at radius 2 is 2.09 bits per heavy atom. The maximum Gasteiger partial charge on any atom is 0.195 e. The maximum absolute atomic E-state index is 6.13. The quantitative estimate of drug-likeness (QED) is 0.551. The monoisotopic (exact) mass is 363 g/mol. The molecule has 0 fully saturated rings. The minimum atomic E-state index is 0.348.